The van der Waals surface area contributed by atoms with E-state index in [1.807, 2.05) is 5.32 Å². The topological polar surface area (TPSA) is 78.4 Å². The summed E-state index contributed by atoms with van der Waals surface area (Å²) in [6.07, 6.45) is 0. The van der Waals surface area contributed by atoms with E-state index in [1.54, 1.807) is 20.8 Å². The fourth-order valence-electron chi connectivity index (χ4n) is 0.772. The highest BCUT2D eigenvalue weighted by Gasteiger charge is 2.28. The molecule has 0 saturated carbocycles. The SMILES string of the molecule is CC(C)(C)C(=O)NCC(=O)NCC(F)(F)CO. The van der Waals surface area contributed by atoms with Crippen molar-refractivity contribution in [3.05, 3.63) is 0 Å². The number of aliphatic hydroxyl groups is 1. The first kappa shape index (κ1) is 15.8. The third-order valence-electron chi connectivity index (χ3n) is 1.87. The van der Waals surface area contributed by atoms with E-state index in [2.05, 4.69) is 5.32 Å². The lowest BCUT2D eigenvalue weighted by molar-refractivity contribution is -0.131. The Hall–Kier alpha value is -1.24. The van der Waals surface area contributed by atoms with Crippen LogP contribution in [0.4, 0.5) is 8.78 Å². The van der Waals surface area contributed by atoms with Gasteiger partial charge in [0.15, 0.2) is 0 Å². The molecule has 0 fully saturated rings. The minimum atomic E-state index is -3.34. The molecule has 0 saturated heterocycles. The summed E-state index contributed by atoms with van der Waals surface area (Å²) in [6.45, 7) is 2.35. The maximum atomic E-state index is 12.5. The number of hydrogen-bond acceptors (Lipinski definition) is 3. The molecular formula is C10H18F2N2O3. The van der Waals surface area contributed by atoms with Crippen molar-refractivity contribution in [2.24, 2.45) is 5.41 Å². The Balaban J connectivity index is 3.94. The van der Waals surface area contributed by atoms with Crippen LogP contribution >= 0.6 is 0 Å². The molecule has 7 heteroatoms. The van der Waals surface area contributed by atoms with Crippen LogP contribution in [0.3, 0.4) is 0 Å². The van der Waals surface area contributed by atoms with Crippen LogP contribution in [0.15, 0.2) is 0 Å². The van der Waals surface area contributed by atoms with Gasteiger partial charge < -0.3 is 15.7 Å². The summed E-state index contributed by atoms with van der Waals surface area (Å²) in [7, 11) is 0. The van der Waals surface area contributed by atoms with Gasteiger partial charge in [0.2, 0.25) is 11.8 Å². The highest BCUT2D eigenvalue weighted by Crippen LogP contribution is 2.12. The Labute approximate surface area is 98.6 Å². The van der Waals surface area contributed by atoms with Gasteiger partial charge in [0.25, 0.3) is 5.92 Å². The molecule has 0 aliphatic carbocycles. The molecule has 0 atom stereocenters. The number of rotatable bonds is 5. The van der Waals surface area contributed by atoms with Crippen LogP contribution in [0.2, 0.25) is 0 Å². The molecule has 0 heterocycles. The lowest BCUT2D eigenvalue weighted by atomic mass is 9.96. The molecule has 5 nitrogen and oxygen atoms in total. The smallest absolute Gasteiger partial charge is 0.287 e. The van der Waals surface area contributed by atoms with E-state index in [4.69, 9.17) is 5.11 Å². The van der Waals surface area contributed by atoms with Crippen LogP contribution in [0.5, 0.6) is 0 Å². The number of nitrogens with one attached hydrogen (secondary N) is 2. The number of hydrogen-bond donors (Lipinski definition) is 3. The first-order valence-electron chi connectivity index (χ1n) is 5.12. The van der Waals surface area contributed by atoms with E-state index in [9.17, 15) is 18.4 Å². The molecule has 0 aliphatic heterocycles. The molecule has 0 bridgehead atoms. The van der Waals surface area contributed by atoms with E-state index in [-0.39, 0.29) is 12.5 Å². The first-order chi connectivity index (χ1) is 7.58. The molecule has 2 amide bonds. The number of carbonyl (C=O) groups excluding carboxylic acids is 2. The van der Waals surface area contributed by atoms with Crippen LogP contribution in [0, 0.1) is 5.41 Å². The van der Waals surface area contributed by atoms with Crippen LogP contribution in [0.1, 0.15) is 20.8 Å². The van der Waals surface area contributed by atoms with Crippen molar-refractivity contribution in [3.63, 3.8) is 0 Å². The Morgan fingerprint density at radius 3 is 2.12 bits per heavy atom. The molecule has 0 aliphatic rings. The van der Waals surface area contributed by atoms with Gasteiger partial charge in [0, 0.05) is 5.41 Å². The van der Waals surface area contributed by atoms with Crippen molar-refractivity contribution >= 4 is 11.8 Å². The van der Waals surface area contributed by atoms with Crippen LogP contribution in [0.25, 0.3) is 0 Å². The molecular weight excluding hydrogens is 234 g/mol. The first-order valence-corrected chi connectivity index (χ1v) is 5.12. The zero-order chi connectivity index (χ0) is 13.7. The van der Waals surface area contributed by atoms with Gasteiger partial charge >= 0.3 is 0 Å². The quantitative estimate of drug-likeness (QED) is 0.639. The number of carbonyl (C=O) groups is 2. The zero-order valence-electron chi connectivity index (χ0n) is 10.1. The highest BCUT2D eigenvalue weighted by atomic mass is 19.3. The summed E-state index contributed by atoms with van der Waals surface area (Å²) in [5, 5.41) is 12.5. The second-order valence-electron chi connectivity index (χ2n) is 4.72. The maximum Gasteiger partial charge on any atom is 0.287 e. The van der Waals surface area contributed by atoms with Gasteiger partial charge in [0.05, 0.1) is 13.1 Å². The van der Waals surface area contributed by atoms with E-state index < -0.39 is 30.4 Å². The van der Waals surface area contributed by atoms with Crippen molar-refractivity contribution in [3.8, 4) is 0 Å². The largest absolute Gasteiger partial charge is 0.390 e. The fourth-order valence-corrected chi connectivity index (χ4v) is 0.772. The molecule has 0 radical (unpaired) electrons. The normalized spacial score (nSPS) is 12.1. The van der Waals surface area contributed by atoms with Crippen LogP contribution in [-0.4, -0.2) is 42.5 Å². The van der Waals surface area contributed by atoms with E-state index in [1.165, 1.54) is 0 Å². The van der Waals surface area contributed by atoms with Gasteiger partial charge in [-0.25, -0.2) is 8.78 Å². The third-order valence-corrected chi connectivity index (χ3v) is 1.87. The van der Waals surface area contributed by atoms with Gasteiger partial charge in [-0.1, -0.05) is 20.8 Å². The van der Waals surface area contributed by atoms with E-state index in [0.717, 1.165) is 0 Å². The number of aliphatic hydroxyl groups excluding tert-OH is 1. The highest BCUT2D eigenvalue weighted by molar-refractivity contribution is 5.87. The van der Waals surface area contributed by atoms with Crippen molar-refractivity contribution in [2.75, 3.05) is 19.7 Å². The summed E-state index contributed by atoms with van der Waals surface area (Å²) in [4.78, 5) is 22.4. The third kappa shape index (κ3) is 6.83. The van der Waals surface area contributed by atoms with Crippen LogP contribution in [-0.2, 0) is 9.59 Å². The van der Waals surface area contributed by atoms with Gasteiger partial charge in [-0.2, -0.15) is 0 Å². The van der Waals surface area contributed by atoms with Gasteiger partial charge in [-0.05, 0) is 0 Å². The van der Waals surface area contributed by atoms with Gasteiger partial charge in [0.1, 0.15) is 6.61 Å². The molecule has 17 heavy (non-hydrogen) atoms. The lowest BCUT2D eigenvalue weighted by Crippen LogP contribution is -2.45. The fraction of sp³-hybridized carbons (Fsp3) is 0.800. The van der Waals surface area contributed by atoms with E-state index in [0.29, 0.717) is 0 Å². The molecule has 0 aromatic heterocycles. The summed E-state index contributed by atoms with van der Waals surface area (Å²) >= 11 is 0. The Bertz CT molecular complexity index is 288. The number of alkyl halides is 2. The summed E-state index contributed by atoms with van der Waals surface area (Å²) < 4.78 is 25.1. The lowest BCUT2D eigenvalue weighted by Gasteiger charge is -2.18. The zero-order valence-corrected chi connectivity index (χ0v) is 10.1. The molecule has 0 aromatic rings. The molecule has 0 spiro atoms. The predicted molar refractivity (Wildman–Crippen MR) is 57.5 cm³/mol. The van der Waals surface area contributed by atoms with Crippen molar-refractivity contribution in [1.29, 1.82) is 0 Å². The molecule has 0 aromatic carbocycles. The van der Waals surface area contributed by atoms with Crippen molar-refractivity contribution in [2.45, 2.75) is 26.7 Å². The Kier molecular flexibility index (Phi) is 5.47. The molecule has 0 unspecified atom stereocenters. The average molecular weight is 252 g/mol. The maximum absolute atomic E-state index is 12.5. The minimum absolute atomic E-state index is 0.346. The predicted octanol–water partition coefficient (Wildman–Crippen LogP) is -0.108. The van der Waals surface area contributed by atoms with Crippen molar-refractivity contribution in [1.82, 2.24) is 10.6 Å². The molecule has 100 valence electrons. The van der Waals surface area contributed by atoms with Crippen molar-refractivity contribution < 1.29 is 23.5 Å². The Morgan fingerprint density at radius 2 is 1.71 bits per heavy atom. The van der Waals surface area contributed by atoms with Crippen LogP contribution < -0.4 is 10.6 Å². The number of halogens is 2. The standard InChI is InChI=1S/C10H18F2N2O3/c1-9(2,3)8(17)13-4-7(16)14-5-10(11,12)6-15/h15H,4-6H2,1-3H3,(H,13,17)(H,14,16). The van der Waals surface area contributed by atoms with Gasteiger partial charge in [-0.15, -0.1) is 0 Å². The molecule has 0 rings (SSSR count). The number of amides is 2. The second-order valence-corrected chi connectivity index (χ2v) is 4.72. The monoisotopic (exact) mass is 252 g/mol. The second kappa shape index (κ2) is 5.90. The summed E-state index contributed by atoms with van der Waals surface area (Å²) in [5.74, 6) is -4.42. The van der Waals surface area contributed by atoms with Gasteiger partial charge in [-0.3, -0.25) is 9.59 Å². The van der Waals surface area contributed by atoms with E-state index >= 15 is 0 Å². The summed E-state index contributed by atoms with van der Waals surface area (Å²) in [6, 6.07) is 0. The minimum Gasteiger partial charge on any atom is -0.390 e. The average Bonchev–Trinajstić information content (AvgIpc) is 2.21. The molecule has 3 N–H and O–H groups in total. The summed E-state index contributed by atoms with van der Waals surface area (Å²) in [5.41, 5.74) is -0.644. The Morgan fingerprint density at radius 1 is 1.18 bits per heavy atom.